The fraction of sp³-hybridized carbons (Fsp3) is 0.800. The maximum absolute atomic E-state index is 11.5. The molecule has 1 fully saturated rings. The lowest BCUT2D eigenvalue weighted by Crippen LogP contribution is -2.56. The molecule has 0 radical (unpaired) electrons. The first-order valence-electron chi connectivity index (χ1n) is 5.28. The first-order chi connectivity index (χ1) is 7.35. The molecule has 92 valence electrons. The monoisotopic (exact) mass is 230 g/mol. The third-order valence-electron chi connectivity index (χ3n) is 3.00. The van der Waals surface area contributed by atoms with Crippen molar-refractivity contribution in [1.29, 1.82) is 0 Å². The molecule has 0 aromatic heterocycles. The highest BCUT2D eigenvalue weighted by atomic mass is 16.5. The highest BCUT2D eigenvalue weighted by Crippen LogP contribution is 2.24. The molecular formula is C10H18N2O4. The van der Waals surface area contributed by atoms with Gasteiger partial charge in [-0.25, -0.2) is 4.79 Å². The summed E-state index contributed by atoms with van der Waals surface area (Å²) in [6, 6.07) is -1.38. The van der Waals surface area contributed by atoms with E-state index < -0.39 is 23.6 Å². The maximum Gasteiger partial charge on any atom is 0.325 e. The van der Waals surface area contributed by atoms with Gasteiger partial charge in [0.1, 0.15) is 6.04 Å². The number of urea groups is 1. The summed E-state index contributed by atoms with van der Waals surface area (Å²) in [5.74, 6) is -1.06. The lowest BCUT2D eigenvalue weighted by Gasteiger charge is -2.29. The molecule has 0 aromatic carbocycles. The molecule has 0 spiro atoms. The Labute approximate surface area is 94.3 Å². The molecule has 3 N–H and O–H groups in total. The van der Waals surface area contributed by atoms with Gasteiger partial charge in [-0.1, -0.05) is 0 Å². The lowest BCUT2D eigenvalue weighted by molar-refractivity contribution is -0.138. The van der Waals surface area contributed by atoms with Gasteiger partial charge in [0.05, 0.1) is 11.6 Å². The average Bonchev–Trinajstić information content (AvgIpc) is 2.46. The van der Waals surface area contributed by atoms with Crippen molar-refractivity contribution in [3.8, 4) is 0 Å². The fourth-order valence-corrected chi connectivity index (χ4v) is 1.55. The molecule has 6 heteroatoms. The Hall–Kier alpha value is -1.30. The molecule has 6 nitrogen and oxygen atoms in total. The smallest absolute Gasteiger partial charge is 0.325 e. The fourth-order valence-electron chi connectivity index (χ4n) is 1.55. The van der Waals surface area contributed by atoms with Crippen molar-refractivity contribution >= 4 is 12.0 Å². The van der Waals surface area contributed by atoms with Crippen LogP contribution < -0.4 is 10.6 Å². The molecule has 2 amide bonds. The first-order valence-corrected chi connectivity index (χ1v) is 5.28. The Balaban J connectivity index is 2.48. The summed E-state index contributed by atoms with van der Waals surface area (Å²) in [5, 5.41) is 13.7. The van der Waals surface area contributed by atoms with Gasteiger partial charge in [0.15, 0.2) is 0 Å². The number of aliphatic carboxylic acids is 1. The first kappa shape index (κ1) is 12.8. The number of hydrogen-bond donors (Lipinski definition) is 3. The second kappa shape index (κ2) is 4.69. The zero-order chi connectivity index (χ0) is 12.3. The van der Waals surface area contributed by atoms with Crippen LogP contribution in [0.25, 0.3) is 0 Å². The van der Waals surface area contributed by atoms with Gasteiger partial charge in [-0.2, -0.15) is 0 Å². The van der Waals surface area contributed by atoms with E-state index in [1.165, 1.54) is 6.92 Å². The van der Waals surface area contributed by atoms with E-state index in [9.17, 15) is 9.59 Å². The zero-order valence-corrected chi connectivity index (χ0v) is 9.74. The summed E-state index contributed by atoms with van der Waals surface area (Å²) in [6.07, 6.45) is 0.654. The number of nitrogens with one attached hydrogen (secondary N) is 2. The highest BCUT2D eigenvalue weighted by Gasteiger charge is 2.38. The summed E-state index contributed by atoms with van der Waals surface area (Å²) in [4.78, 5) is 22.1. The second-order valence-electron chi connectivity index (χ2n) is 4.34. The van der Waals surface area contributed by atoms with Crippen LogP contribution in [0.1, 0.15) is 27.2 Å². The normalized spacial score (nSPS) is 30.8. The van der Waals surface area contributed by atoms with Gasteiger partial charge in [-0.15, -0.1) is 0 Å². The quantitative estimate of drug-likeness (QED) is 0.651. The van der Waals surface area contributed by atoms with Gasteiger partial charge < -0.3 is 20.5 Å². The molecule has 1 saturated heterocycles. The van der Waals surface area contributed by atoms with Crippen LogP contribution in [0.5, 0.6) is 0 Å². The van der Waals surface area contributed by atoms with Crippen LogP contribution in [0.2, 0.25) is 0 Å². The summed E-state index contributed by atoms with van der Waals surface area (Å²) < 4.78 is 5.36. The van der Waals surface area contributed by atoms with Gasteiger partial charge in [-0.3, -0.25) is 4.79 Å². The predicted octanol–water partition coefficient (Wildman–Crippen LogP) is 0.326. The van der Waals surface area contributed by atoms with Crippen LogP contribution in [-0.4, -0.2) is 41.4 Å². The Morgan fingerprint density at radius 3 is 2.62 bits per heavy atom. The molecule has 0 saturated carbocycles. The summed E-state index contributed by atoms with van der Waals surface area (Å²) in [6.45, 7) is 5.79. The van der Waals surface area contributed by atoms with E-state index in [-0.39, 0.29) is 6.10 Å². The molecular weight excluding hydrogens is 212 g/mol. The van der Waals surface area contributed by atoms with Gasteiger partial charge in [0.2, 0.25) is 0 Å². The summed E-state index contributed by atoms with van der Waals surface area (Å²) >= 11 is 0. The molecule has 3 atom stereocenters. The van der Waals surface area contributed by atoms with Crippen LogP contribution in [0, 0.1) is 0 Å². The van der Waals surface area contributed by atoms with E-state index in [0.29, 0.717) is 6.61 Å². The van der Waals surface area contributed by atoms with Crippen LogP contribution in [0.3, 0.4) is 0 Å². The molecule has 0 aliphatic carbocycles. The van der Waals surface area contributed by atoms with Crippen molar-refractivity contribution in [1.82, 2.24) is 10.6 Å². The number of rotatable bonds is 3. The minimum Gasteiger partial charge on any atom is -0.480 e. The van der Waals surface area contributed by atoms with Gasteiger partial charge in [0.25, 0.3) is 0 Å². The number of carboxylic acid groups (broad SMARTS) is 1. The Kier molecular flexibility index (Phi) is 3.74. The number of carboxylic acids is 1. The zero-order valence-electron chi connectivity index (χ0n) is 9.74. The standard InChI is InChI=1S/C10H18N2O4/c1-6(8(13)14)11-9(15)12-10(3)4-5-16-7(10)2/h6-7H,4-5H2,1-3H3,(H,13,14)(H2,11,12,15)/t6-,7?,10?/m0/s1. The molecule has 1 heterocycles. The SMILES string of the molecule is CC1OCCC1(C)NC(=O)N[C@@H](C)C(=O)O. The van der Waals surface area contributed by atoms with Crippen molar-refractivity contribution in [3.05, 3.63) is 0 Å². The second-order valence-corrected chi connectivity index (χ2v) is 4.34. The Bertz CT molecular complexity index is 295. The highest BCUT2D eigenvalue weighted by molar-refractivity contribution is 5.82. The van der Waals surface area contributed by atoms with Crippen LogP contribution >= 0.6 is 0 Å². The topological polar surface area (TPSA) is 87.7 Å². The van der Waals surface area contributed by atoms with Crippen molar-refractivity contribution in [3.63, 3.8) is 0 Å². The third kappa shape index (κ3) is 2.85. The molecule has 2 unspecified atom stereocenters. The van der Waals surface area contributed by atoms with Crippen LogP contribution in [-0.2, 0) is 9.53 Å². The minimum atomic E-state index is -1.06. The van der Waals surface area contributed by atoms with E-state index in [1.807, 2.05) is 13.8 Å². The molecule has 0 aromatic rings. The Morgan fingerprint density at radius 1 is 1.56 bits per heavy atom. The number of amides is 2. The van der Waals surface area contributed by atoms with E-state index in [4.69, 9.17) is 9.84 Å². The van der Waals surface area contributed by atoms with E-state index in [2.05, 4.69) is 10.6 Å². The summed E-state index contributed by atoms with van der Waals surface area (Å²) in [5.41, 5.74) is -0.428. The maximum atomic E-state index is 11.5. The molecule has 0 bridgehead atoms. The van der Waals surface area contributed by atoms with Crippen molar-refractivity contribution in [2.45, 2.75) is 44.9 Å². The summed E-state index contributed by atoms with van der Waals surface area (Å²) in [7, 11) is 0. The number of hydrogen-bond acceptors (Lipinski definition) is 3. The predicted molar refractivity (Wildman–Crippen MR) is 57.2 cm³/mol. The number of ether oxygens (including phenoxy) is 1. The van der Waals surface area contributed by atoms with E-state index in [0.717, 1.165) is 6.42 Å². The molecule has 1 aliphatic rings. The van der Waals surface area contributed by atoms with Crippen LogP contribution in [0.15, 0.2) is 0 Å². The largest absolute Gasteiger partial charge is 0.480 e. The average molecular weight is 230 g/mol. The number of carbonyl (C=O) groups is 2. The lowest BCUT2D eigenvalue weighted by atomic mass is 9.95. The van der Waals surface area contributed by atoms with Crippen molar-refractivity contribution in [2.24, 2.45) is 0 Å². The van der Waals surface area contributed by atoms with Gasteiger partial charge >= 0.3 is 12.0 Å². The third-order valence-corrected chi connectivity index (χ3v) is 3.00. The molecule has 1 rings (SSSR count). The minimum absolute atomic E-state index is 0.0709. The molecule has 1 aliphatic heterocycles. The van der Waals surface area contributed by atoms with Gasteiger partial charge in [0, 0.05) is 6.61 Å². The Morgan fingerprint density at radius 2 is 2.19 bits per heavy atom. The van der Waals surface area contributed by atoms with Crippen LogP contribution in [0.4, 0.5) is 4.79 Å². The van der Waals surface area contributed by atoms with E-state index >= 15 is 0 Å². The number of carbonyl (C=O) groups excluding carboxylic acids is 1. The van der Waals surface area contributed by atoms with Crippen molar-refractivity contribution < 1.29 is 19.4 Å². The van der Waals surface area contributed by atoms with Gasteiger partial charge in [-0.05, 0) is 27.2 Å². The van der Waals surface area contributed by atoms with Crippen molar-refractivity contribution in [2.75, 3.05) is 6.61 Å². The van der Waals surface area contributed by atoms with E-state index in [1.54, 1.807) is 0 Å². The molecule has 16 heavy (non-hydrogen) atoms.